The molecule has 1 aromatic carbocycles. The maximum Gasteiger partial charge on any atom is 0.338 e. The summed E-state index contributed by atoms with van der Waals surface area (Å²) in [7, 11) is 0. The topological polar surface area (TPSA) is 88.6 Å². The van der Waals surface area contributed by atoms with Crippen molar-refractivity contribution in [2.75, 3.05) is 6.61 Å². The van der Waals surface area contributed by atoms with Crippen LogP contribution in [0, 0.1) is 11.3 Å². The van der Waals surface area contributed by atoms with Crippen LogP contribution in [0.3, 0.4) is 0 Å². The van der Waals surface area contributed by atoms with E-state index in [1.54, 1.807) is 13.8 Å². The lowest BCUT2D eigenvalue weighted by Crippen LogP contribution is -2.36. The van der Waals surface area contributed by atoms with E-state index < -0.39 is 11.9 Å². The van der Waals surface area contributed by atoms with Gasteiger partial charge < -0.3 is 15.2 Å². The molecule has 0 spiro atoms. The number of carbonyl (C=O) groups excluding carboxylic acids is 1. The first kappa shape index (κ1) is 22.5. The van der Waals surface area contributed by atoms with Gasteiger partial charge in [0.15, 0.2) is 0 Å². The number of carbonyl (C=O) groups is 1. The molecule has 29 heavy (non-hydrogen) atoms. The molecule has 0 saturated heterocycles. The molecular weight excluding hydrogens is 366 g/mol. The minimum absolute atomic E-state index is 0.0258. The van der Waals surface area contributed by atoms with Crippen molar-refractivity contribution in [2.24, 2.45) is 5.73 Å². The Kier molecular flexibility index (Phi) is 7.46. The highest BCUT2D eigenvalue weighted by molar-refractivity contribution is 5.92. The van der Waals surface area contributed by atoms with E-state index in [1.807, 2.05) is 24.3 Å². The maximum absolute atomic E-state index is 12.6. The Bertz CT molecular complexity index is 837. The summed E-state index contributed by atoms with van der Waals surface area (Å²) in [6.45, 7) is 13.2. The maximum atomic E-state index is 12.6. The third-order valence-corrected chi connectivity index (χ3v) is 5.11. The average molecular weight is 398 g/mol. The number of hydrogen-bond acceptors (Lipinski definition) is 6. The summed E-state index contributed by atoms with van der Waals surface area (Å²) in [4.78, 5) is 15.0. The van der Waals surface area contributed by atoms with Crippen molar-refractivity contribution >= 4 is 5.97 Å². The molecule has 0 radical (unpaired) electrons. The van der Waals surface area contributed by atoms with Crippen molar-refractivity contribution in [3.8, 4) is 6.07 Å². The zero-order valence-electron chi connectivity index (χ0n) is 18.2. The fourth-order valence-electron chi connectivity index (χ4n) is 3.68. The molecule has 2 rings (SSSR count). The molecule has 156 valence electrons. The highest BCUT2D eigenvalue weighted by Gasteiger charge is 2.36. The Morgan fingerprint density at radius 1 is 1.24 bits per heavy atom. The van der Waals surface area contributed by atoms with Crippen LogP contribution in [0.5, 0.6) is 0 Å². The van der Waals surface area contributed by atoms with Crippen molar-refractivity contribution < 1.29 is 14.3 Å². The molecule has 1 atom stereocenters. The summed E-state index contributed by atoms with van der Waals surface area (Å²) in [5, 5.41) is 9.66. The first-order valence-corrected chi connectivity index (χ1v) is 10.0. The summed E-state index contributed by atoms with van der Waals surface area (Å²) in [6.07, 6.45) is 0. The Labute approximate surface area is 173 Å². The van der Waals surface area contributed by atoms with Crippen LogP contribution in [0.25, 0.3) is 0 Å². The summed E-state index contributed by atoms with van der Waals surface area (Å²) < 4.78 is 10.7. The van der Waals surface area contributed by atoms with Gasteiger partial charge in [0.1, 0.15) is 17.4 Å². The molecule has 0 aliphatic carbocycles. The number of nitrogens with zero attached hydrogens (tertiary/aromatic N) is 2. The summed E-state index contributed by atoms with van der Waals surface area (Å²) >= 11 is 0. The largest absolute Gasteiger partial charge is 0.463 e. The minimum atomic E-state index is -0.604. The van der Waals surface area contributed by atoms with Gasteiger partial charge in [0, 0.05) is 18.6 Å². The number of nitrogens with two attached hydrogens (primary N) is 1. The molecule has 1 aromatic rings. The highest BCUT2D eigenvalue weighted by Crippen LogP contribution is 2.39. The number of benzene rings is 1. The minimum Gasteiger partial charge on any atom is -0.463 e. The normalized spacial score (nSPS) is 17.0. The molecule has 6 nitrogen and oxygen atoms in total. The average Bonchev–Trinajstić information content (AvgIpc) is 2.65. The van der Waals surface area contributed by atoms with Gasteiger partial charge in [0.2, 0.25) is 5.88 Å². The van der Waals surface area contributed by atoms with Crippen LogP contribution in [0.15, 0.2) is 47.1 Å². The molecule has 2 N–H and O–H groups in total. The van der Waals surface area contributed by atoms with Crippen molar-refractivity contribution in [2.45, 2.75) is 66.1 Å². The van der Waals surface area contributed by atoms with Crippen molar-refractivity contribution in [1.29, 1.82) is 5.26 Å². The van der Waals surface area contributed by atoms with E-state index in [-0.39, 0.29) is 18.1 Å². The predicted octanol–water partition coefficient (Wildman–Crippen LogP) is 3.95. The predicted molar refractivity (Wildman–Crippen MR) is 112 cm³/mol. The van der Waals surface area contributed by atoms with Crippen LogP contribution in [-0.2, 0) is 20.8 Å². The lowest BCUT2D eigenvalue weighted by atomic mass is 9.83. The van der Waals surface area contributed by atoms with E-state index in [1.165, 1.54) is 0 Å². The van der Waals surface area contributed by atoms with Crippen molar-refractivity contribution in [1.82, 2.24) is 4.90 Å². The number of rotatable bonds is 7. The molecule has 1 aliphatic heterocycles. The summed E-state index contributed by atoms with van der Waals surface area (Å²) in [5.41, 5.74) is 8.45. The Hall–Kier alpha value is -2.78. The molecule has 1 unspecified atom stereocenters. The third kappa shape index (κ3) is 4.99. The van der Waals surface area contributed by atoms with Gasteiger partial charge in [0.25, 0.3) is 0 Å². The zero-order chi connectivity index (χ0) is 21.7. The number of hydrogen-bond donors (Lipinski definition) is 1. The van der Waals surface area contributed by atoms with Crippen LogP contribution >= 0.6 is 0 Å². The van der Waals surface area contributed by atoms with E-state index in [0.717, 1.165) is 17.7 Å². The van der Waals surface area contributed by atoms with E-state index in [0.29, 0.717) is 23.4 Å². The lowest BCUT2D eigenvalue weighted by molar-refractivity contribution is -0.139. The van der Waals surface area contributed by atoms with Crippen LogP contribution in [0.4, 0.5) is 0 Å². The molecule has 1 aliphatic rings. The smallest absolute Gasteiger partial charge is 0.338 e. The van der Waals surface area contributed by atoms with E-state index in [9.17, 15) is 10.1 Å². The molecule has 0 aromatic heterocycles. The second kappa shape index (κ2) is 9.62. The van der Waals surface area contributed by atoms with Gasteiger partial charge in [-0.2, -0.15) is 5.26 Å². The SMILES string of the molecule is CCOC(=O)C1=C(C)OC(N)=C(C#N)C1c1ccc(CN(C(C)C)C(C)C)cc1. The summed E-state index contributed by atoms with van der Waals surface area (Å²) in [5.74, 6) is -0.712. The number of nitriles is 1. The second-order valence-corrected chi connectivity index (χ2v) is 7.72. The molecule has 0 saturated carbocycles. The molecular formula is C23H31N3O3. The van der Waals surface area contributed by atoms with Crippen molar-refractivity contribution in [3.63, 3.8) is 0 Å². The monoisotopic (exact) mass is 397 g/mol. The van der Waals surface area contributed by atoms with Gasteiger partial charge in [0.05, 0.1) is 18.1 Å². The fraction of sp³-hybridized carbons (Fsp3) is 0.478. The molecule has 1 heterocycles. The van der Waals surface area contributed by atoms with Crippen LogP contribution < -0.4 is 5.73 Å². The Morgan fingerprint density at radius 3 is 2.31 bits per heavy atom. The standard InChI is InChI=1S/C23H31N3O3/c1-7-28-23(27)20-16(6)29-22(25)19(12-24)21(20)18-10-8-17(9-11-18)13-26(14(2)3)15(4)5/h8-11,14-15,21H,7,13,25H2,1-6H3. The van der Waals surface area contributed by atoms with Crippen LogP contribution in [0.2, 0.25) is 0 Å². The number of allylic oxidation sites excluding steroid dienone is 2. The third-order valence-electron chi connectivity index (χ3n) is 5.11. The van der Waals surface area contributed by atoms with E-state index >= 15 is 0 Å². The quantitative estimate of drug-likeness (QED) is 0.701. The van der Waals surface area contributed by atoms with Gasteiger partial charge in [-0.05, 0) is 52.7 Å². The van der Waals surface area contributed by atoms with E-state index in [2.05, 4.69) is 38.7 Å². The number of ether oxygens (including phenoxy) is 2. The first-order chi connectivity index (χ1) is 13.7. The first-order valence-electron chi connectivity index (χ1n) is 10.0. The molecule has 0 fully saturated rings. The highest BCUT2D eigenvalue weighted by atomic mass is 16.5. The van der Waals surface area contributed by atoms with E-state index in [4.69, 9.17) is 15.2 Å². The van der Waals surface area contributed by atoms with Crippen LogP contribution in [-0.4, -0.2) is 29.6 Å². The van der Waals surface area contributed by atoms with Crippen molar-refractivity contribution in [3.05, 3.63) is 58.2 Å². The van der Waals surface area contributed by atoms with Gasteiger partial charge >= 0.3 is 5.97 Å². The molecule has 0 bridgehead atoms. The zero-order valence-corrected chi connectivity index (χ0v) is 18.2. The Morgan fingerprint density at radius 2 is 1.83 bits per heavy atom. The summed E-state index contributed by atoms with van der Waals surface area (Å²) in [6, 6.07) is 10.9. The lowest BCUT2D eigenvalue weighted by Gasteiger charge is -2.31. The van der Waals surface area contributed by atoms with Gasteiger partial charge in [-0.3, -0.25) is 4.90 Å². The number of esters is 1. The van der Waals surface area contributed by atoms with Gasteiger partial charge in [-0.1, -0.05) is 24.3 Å². The molecule has 6 heteroatoms. The van der Waals surface area contributed by atoms with Crippen LogP contribution in [0.1, 0.15) is 58.6 Å². The van der Waals surface area contributed by atoms with Gasteiger partial charge in [-0.15, -0.1) is 0 Å². The second-order valence-electron chi connectivity index (χ2n) is 7.72. The molecule has 0 amide bonds. The van der Waals surface area contributed by atoms with Gasteiger partial charge in [-0.25, -0.2) is 4.79 Å². The Balaban J connectivity index is 2.42. The fourth-order valence-corrected chi connectivity index (χ4v) is 3.68.